The lowest BCUT2D eigenvalue weighted by molar-refractivity contribution is 0.0886. The van der Waals surface area contributed by atoms with Gasteiger partial charge in [0.25, 0.3) is 56.3 Å². The zero-order valence-electron chi connectivity index (χ0n) is 56.8. The second kappa shape index (κ2) is 22.4. The maximum absolute atomic E-state index is 14.3. The molecule has 17 nitrogen and oxygen atoms in total. The molecule has 4 aromatic heterocycles. The fraction of sp³-hybridized carbons (Fsp3) is 0.153. The van der Waals surface area contributed by atoms with Crippen molar-refractivity contribution in [1.82, 2.24) is 18.3 Å². The second-order valence-electron chi connectivity index (χ2n) is 29.6. The molecule has 0 fully saturated rings. The van der Waals surface area contributed by atoms with E-state index in [0.29, 0.717) is 50.3 Å². The van der Waals surface area contributed by atoms with Crippen LogP contribution in [0.25, 0.3) is 99.2 Å². The monoisotopic (exact) mass is 1340 g/mol. The predicted octanol–water partition coefficient (Wildman–Crippen LogP) is 13.0. The molecular weight excluding hydrogens is 1280 g/mol. The quantitative estimate of drug-likeness (QED) is 0.0971. The van der Waals surface area contributed by atoms with Crippen LogP contribution in [0.1, 0.15) is 132 Å². The average molecular weight is 1340 g/mol. The van der Waals surface area contributed by atoms with E-state index in [-0.39, 0.29) is 98.7 Å². The molecule has 2 amide bonds. The molecule has 0 unspecified atom stereocenters. The van der Waals surface area contributed by atoms with Crippen molar-refractivity contribution in [1.29, 1.82) is 0 Å². The van der Waals surface area contributed by atoms with E-state index in [0.717, 1.165) is 39.9 Å². The molecule has 17 heteroatoms. The van der Waals surface area contributed by atoms with Crippen LogP contribution >= 0.6 is 0 Å². The highest BCUT2D eigenvalue weighted by Gasteiger charge is 2.45. The standard InChI is InChI=1S/C85H61N5O12/c1-83(2,3)50-18-10-46(11-19-50)70-71(91)58-37-60-61(38-59(58)72(70)92)74(94)86(73(60)93)53-24-12-43(13-25-53)47-34-48(44-14-26-54(27-15-44)87-75(95)62-39-66-67(40-63(62)76(87)96)80(100)89(79(66)99)56-30-20-51(21-31-56)84(4,5)6)36-49(35-47)45-16-28-55(29-17-45)88-77(97)64-41-68-69(42-65(64)78(88)98)82(102)90(81(68)101)57-32-22-52(23-33-57)85(7,8)9/h10-42,70H,1-9H3. The van der Waals surface area contributed by atoms with Crippen LogP contribution in [0.5, 0.6) is 0 Å². The van der Waals surface area contributed by atoms with Crippen molar-refractivity contribution < 1.29 is 19.2 Å². The van der Waals surface area contributed by atoms with Crippen LogP contribution in [0.4, 0.5) is 5.69 Å². The van der Waals surface area contributed by atoms with Crippen LogP contribution in [-0.2, 0) is 16.2 Å². The van der Waals surface area contributed by atoms with Crippen LogP contribution in [0, 0.1) is 0 Å². The highest BCUT2D eigenvalue weighted by atomic mass is 16.2. The van der Waals surface area contributed by atoms with Crippen LogP contribution in [0.15, 0.2) is 239 Å². The van der Waals surface area contributed by atoms with Crippen molar-refractivity contribution in [2.75, 3.05) is 4.90 Å². The number of anilines is 1. The molecule has 10 aromatic carbocycles. The molecule has 2 aliphatic rings. The summed E-state index contributed by atoms with van der Waals surface area (Å²) in [6.07, 6.45) is 0. The first-order chi connectivity index (χ1) is 48.4. The van der Waals surface area contributed by atoms with Gasteiger partial charge in [0.1, 0.15) is 5.92 Å². The van der Waals surface area contributed by atoms with Crippen LogP contribution in [0.3, 0.4) is 0 Å². The number of ketones is 2. The number of hydrogen-bond donors (Lipinski definition) is 0. The number of imide groups is 1. The molecule has 1 aliphatic carbocycles. The van der Waals surface area contributed by atoms with Gasteiger partial charge in [-0.05, 0) is 187 Å². The molecular formula is C85H61N5O12. The average Bonchev–Trinajstić information content (AvgIpc) is 1.59. The SMILES string of the molecule is CC(C)(C)c1ccc(C2C(=O)c3cc4c(cc3C2=O)C(=O)N(c2ccc(-c3cc(-c5ccc(-n6c(=O)c7cc8c(=O)n(-c9ccc(C(C)(C)C)cc9)c(=O)c8cc7c6=O)cc5)cc(-c5ccc(-n6c(=O)c7cc8c(=O)n(-c9ccc(C(C)(C)C)cc9)c(=O)c8cc7c6=O)cc5)c3)cc2)C4=O)cc1. The molecule has 16 rings (SSSR count). The Morgan fingerprint density at radius 3 is 0.706 bits per heavy atom. The third kappa shape index (κ3) is 9.81. The number of hydrogen-bond acceptors (Lipinski definition) is 12. The summed E-state index contributed by atoms with van der Waals surface area (Å²) in [6, 6.07) is 55.2. The maximum Gasteiger partial charge on any atom is 0.266 e. The Kier molecular flexibility index (Phi) is 14.0. The molecule has 0 atom stereocenters. The minimum atomic E-state index is -1.11. The zero-order valence-corrected chi connectivity index (χ0v) is 56.8. The lowest BCUT2D eigenvalue weighted by atomic mass is 9.85. The molecule has 0 radical (unpaired) electrons. The summed E-state index contributed by atoms with van der Waals surface area (Å²) < 4.78 is 4.09. The smallest absolute Gasteiger partial charge is 0.266 e. The topological polar surface area (TPSA) is 228 Å². The number of carbonyl (C=O) groups is 4. The highest BCUT2D eigenvalue weighted by molar-refractivity contribution is 6.37. The predicted molar refractivity (Wildman–Crippen MR) is 397 cm³/mol. The lowest BCUT2D eigenvalue weighted by Gasteiger charge is -2.19. The first-order valence-corrected chi connectivity index (χ1v) is 33.3. The van der Waals surface area contributed by atoms with Crippen molar-refractivity contribution in [3.05, 3.63) is 328 Å². The van der Waals surface area contributed by atoms with Gasteiger partial charge < -0.3 is 0 Å². The number of aromatic nitrogens is 4. The minimum Gasteiger partial charge on any atom is -0.293 e. The number of amides is 2. The van der Waals surface area contributed by atoms with Crippen molar-refractivity contribution in [3.63, 3.8) is 0 Å². The van der Waals surface area contributed by atoms with E-state index in [9.17, 15) is 57.5 Å². The van der Waals surface area contributed by atoms with E-state index in [2.05, 4.69) is 20.8 Å². The molecule has 1 aliphatic heterocycles. The first-order valence-electron chi connectivity index (χ1n) is 33.3. The Hall–Kier alpha value is -12.8. The van der Waals surface area contributed by atoms with Crippen LogP contribution < -0.4 is 49.4 Å². The van der Waals surface area contributed by atoms with E-state index in [4.69, 9.17) is 0 Å². The van der Waals surface area contributed by atoms with E-state index in [1.807, 2.05) is 96.1 Å². The van der Waals surface area contributed by atoms with Crippen LogP contribution in [-0.4, -0.2) is 41.6 Å². The van der Waals surface area contributed by atoms with Gasteiger partial charge in [0.15, 0.2) is 11.6 Å². The van der Waals surface area contributed by atoms with E-state index in [1.165, 1.54) is 36.4 Å². The second-order valence-corrected chi connectivity index (χ2v) is 29.6. The molecule has 102 heavy (non-hydrogen) atoms. The Balaban J connectivity index is 0.739. The van der Waals surface area contributed by atoms with E-state index in [1.54, 1.807) is 109 Å². The van der Waals surface area contributed by atoms with Gasteiger partial charge in [-0.2, -0.15) is 0 Å². The van der Waals surface area contributed by atoms with Gasteiger partial charge in [0, 0.05) is 11.1 Å². The Morgan fingerprint density at radius 2 is 0.461 bits per heavy atom. The van der Waals surface area contributed by atoms with Gasteiger partial charge in [-0.3, -0.25) is 57.5 Å². The third-order valence-corrected chi connectivity index (χ3v) is 20.3. The van der Waals surface area contributed by atoms with Crippen molar-refractivity contribution in [3.8, 4) is 56.1 Å². The molecule has 0 bridgehead atoms. The van der Waals surface area contributed by atoms with Gasteiger partial charge >= 0.3 is 0 Å². The van der Waals surface area contributed by atoms with E-state index >= 15 is 0 Å². The Morgan fingerprint density at radius 1 is 0.235 bits per heavy atom. The molecule has 0 saturated heterocycles. The number of nitrogens with zero attached hydrogens (tertiary/aromatic N) is 5. The fourth-order valence-corrected chi connectivity index (χ4v) is 14.5. The van der Waals surface area contributed by atoms with Crippen LogP contribution in [0.2, 0.25) is 0 Å². The van der Waals surface area contributed by atoms with Gasteiger partial charge in [-0.15, -0.1) is 0 Å². The molecule has 5 heterocycles. The summed E-state index contributed by atoms with van der Waals surface area (Å²) in [6.45, 7) is 18.5. The molecule has 14 aromatic rings. The summed E-state index contributed by atoms with van der Waals surface area (Å²) >= 11 is 0. The minimum absolute atomic E-state index is 0.00278. The molecule has 0 spiro atoms. The Bertz CT molecular complexity index is 6030. The number of carbonyl (C=O) groups excluding carboxylic acids is 4. The summed E-state index contributed by atoms with van der Waals surface area (Å²) in [7, 11) is 0. The maximum atomic E-state index is 14.3. The molecule has 498 valence electrons. The fourth-order valence-electron chi connectivity index (χ4n) is 14.5. The van der Waals surface area contributed by atoms with Crippen molar-refractivity contribution in [2.24, 2.45) is 0 Å². The number of rotatable bonds is 9. The largest absolute Gasteiger partial charge is 0.293 e. The molecule has 0 saturated carbocycles. The summed E-state index contributed by atoms with van der Waals surface area (Å²) in [5.41, 5.74) is 3.20. The van der Waals surface area contributed by atoms with Gasteiger partial charge in [-0.1, -0.05) is 147 Å². The zero-order chi connectivity index (χ0) is 71.8. The van der Waals surface area contributed by atoms with Crippen molar-refractivity contribution >= 4 is 72.2 Å². The first kappa shape index (κ1) is 63.9. The number of fused-ring (bicyclic) bond motifs is 6. The summed E-state index contributed by atoms with van der Waals surface area (Å²) in [5.74, 6) is -3.35. The normalized spacial score (nSPS) is 13.7. The number of Topliss-reactive ketones (excluding diaryl/α,β-unsaturated/α-hetero) is 2. The number of benzene rings is 10. The van der Waals surface area contributed by atoms with Gasteiger partial charge in [-0.25, -0.2) is 23.2 Å². The van der Waals surface area contributed by atoms with E-state index < -0.39 is 73.8 Å². The third-order valence-electron chi connectivity index (χ3n) is 20.3. The summed E-state index contributed by atoms with van der Waals surface area (Å²) in [4.78, 5) is 171. The summed E-state index contributed by atoms with van der Waals surface area (Å²) in [5, 5.41) is -0.103. The van der Waals surface area contributed by atoms with Gasteiger partial charge in [0.05, 0.1) is 82.7 Å². The highest BCUT2D eigenvalue weighted by Crippen LogP contribution is 2.41. The lowest BCUT2D eigenvalue weighted by Crippen LogP contribution is -2.29. The molecule has 0 N–H and O–H groups in total. The van der Waals surface area contributed by atoms with Crippen molar-refractivity contribution in [2.45, 2.75) is 84.5 Å². The Labute approximate surface area is 579 Å². The van der Waals surface area contributed by atoms with Gasteiger partial charge in [0.2, 0.25) is 0 Å².